The van der Waals surface area contributed by atoms with Crippen LogP contribution in [0.15, 0.2) is 47.3 Å². The standard InChI is InChI=1S/C30H40N4O/c1-21(2)31-17-20-33-27-11-3-4-12-28(27)34(30(33)35)24-15-18-32(19-16-24)26-14-13-23-8-5-7-22-9-6-10-25(26)29(22)23/h3-4,6,9-12,21,23-24,26,31H,5,7-8,13-20H2,1-2H3. The molecular weight excluding hydrogens is 432 g/mol. The van der Waals surface area contributed by atoms with Gasteiger partial charge in [-0.25, -0.2) is 4.79 Å². The van der Waals surface area contributed by atoms with Crippen molar-refractivity contribution < 1.29 is 0 Å². The van der Waals surface area contributed by atoms with Crippen molar-refractivity contribution >= 4 is 11.0 Å². The van der Waals surface area contributed by atoms with Crippen LogP contribution in [0.3, 0.4) is 0 Å². The highest BCUT2D eigenvalue weighted by atomic mass is 16.1. The Labute approximate surface area is 209 Å². The Morgan fingerprint density at radius 2 is 1.74 bits per heavy atom. The van der Waals surface area contributed by atoms with Crippen LogP contribution in [-0.2, 0) is 13.0 Å². The molecule has 1 aromatic heterocycles. The normalized spacial score (nSPS) is 23.2. The van der Waals surface area contributed by atoms with E-state index in [0.29, 0.717) is 18.6 Å². The van der Waals surface area contributed by atoms with Crippen molar-refractivity contribution in [3.8, 4) is 0 Å². The van der Waals surface area contributed by atoms with Gasteiger partial charge in [-0.15, -0.1) is 0 Å². The lowest BCUT2D eigenvalue weighted by Gasteiger charge is -2.43. The van der Waals surface area contributed by atoms with Gasteiger partial charge >= 0.3 is 5.69 Å². The predicted octanol–water partition coefficient (Wildman–Crippen LogP) is 5.39. The maximum atomic E-state index is 13.6. The van der Waals surface area contributed by atoms with Crippen molar-refractivity contribution in [3.63, 3.8) is 0 Å². The minimum absolute atomic E-state index is 0.160. The Balaban J connectivity index is 1.22. The van der Waals surface area contributed by atoms with Crippen LogP contribution < -0.4 is 11.0 Å². The number of hydrogen-bond acceptors (Lipinski definition) is 3. The molecule has 0 saturated carbocycles. The Hall–Kier alpha value is -2.37. The third kappa shape index (κ3) is 4.17. The van der Waals surface area contributed by atoms with Gasteiger partial charge in [-0.2, -0.15) is 0 Å². The number of fused-ring (bicyclic) bond motifs is 1. The molecule has 0 spiro atoms. The molecule has 6 rings (SSSR count). The van der Waals surface area contributed by atoms with Crippen LogP contribution in [0.2, 0.25) is 0 Å². The first-order chi connectivity index (χ1) is 17.1. The Morgan fingerprint density at radius 1 is 0.943 bits per heavy atom. The van der Waals surface area contributed by atoms with E-state index in [4.69, 9.17) is 0 Å². The summed E-state index contributed by atoms with van der Waals surface area (Å²) in [6.45, 7) is 7.98. The van der Waals surface area contributed by atoms with Crippen molar-refractivity contribution in [2.75, 3.05) is 19.6 Å². The van der Waals surface area contributed by atoms with E-state index in [9.17, 15) is 4.79 Å². The molecule has 5 nitrogen and oxygen atoms in total. The summed E-state index contributed by atoms with van der Waals surface area (Å²) in [5, 5.41) is 3.46. The van der Waals surface area contributed by atoms with Gasteiger partial charge in [0, 0.05) is 44.3 Å². The lowest BCUT2D eigenvalue weighted by molar-refractivity contribution is 0.118. The molecule has 5 heteroatoms. The summed E-state index contributed by atoms with van der Waals surface area (Å²) in [4.78, 5) is 16.3. The lowest BCUT2D eigenvalue weighted by atomic mass is 9.71. The van der Waals surface area contributed by atoms with Crippen LogP contribution in [-0.4, -0.2) is 39.7 Å². The molecule has 1 N–H and O–H groups in total. The number of rotatable bonds is 6. The van der Waals surface area contributed by atoms with Crippen LogP contribution in [0, 0.1) is 0 Å². The summed E-state index contributed by atoms with van der Waals surface area (Å²) in [7, 11) is 0. The van der Waals surface area contributed by atoms with Crippen molar-refractivity contribution in [1.29, 1.82) is 0 Å². The second-order valence-corrected chi connectivity index (χ2v) is 11.3. The number of nitrogens with zero attached hydrogens (tertiary/aromatic N) is 3. The zero-order chi connectivity index (χ0) is 23.9. The molecule has 2 atom stereocenters. The number of aromatic nitrogens is 2. The summed E-state index contributed by atoms with van der Waals surface area (Å²) < 4.78 is 4.10. The number of likely N-dealkylation sites (tertiary alicyclic amines) is 1. The van der Waals surface area contributed by atoms with Gasteiger partial charge in [-0.1, -0.05) is 44.2 Å². The van der Waals surface area contributed by atoms with Gasteiger partial charge in [-0.3, -0.25) is 14.0 Å². The molecule has 1 saturated heterocycles. The zero-order valence-electron chi connectivity index (χ0n) is 21.4. The molecule has 186 valence electrons. The van der Waals surface area contributed by atoms with Crippen LogP contribution in [0.4, 0.5) is 0 Å². The first-order valence-corrected chi connectivity index (χ1v) is 13.9. The minimum atomic E-state index is 0.160. The van der Waals surface area contributed by atoms with E-state index in [1.807, 2.05) is 4.57 Å². The van der Waals surface area contributed by atoms with Crippen molar-refractivity contribution in [2.45, 2.75) is 89.4 Å². The minimum Gasteiger partial charge on any atom is -0.313 e. The second-order valence-electron chi connectivity index (χ2n) is 11.3. The highest BCUT2D eigenvalue weighted by Crippen LogP contribution is 2.47. The number of imidazole rings is 1. The number of para-hydroxylation sites is 2. The topological polar surface area (TPSA) is 42.2 Å². The third-order valence-electron chi connectivity index (χ3n) is 8.85. The first-order valence-electron chi connectivity index (χ1n) is 13.9. The van der Waals surface area contributed by atoms with Gasteiger partial charge in [0.15, 0.2) is 0 Å². The molecule has 1 fully saturated rings. The van der Waals surface area contributed by atoms with Crippen LogP contribution >= 0.6 is 0 Å². The van der Waals surface area contributed by atoms with E-state index in [0.717, 1.165) is 49.4 Å². The molecule has 35 heavy (non-hydrogen) atoms. The van der Waals surface area contributed by atoms with Crippen molar-refractivity contribution in [3.05, 3.63) is 69.6 Å². The van der Waals surface area contributed by atoms with Crippen LogP contribution in [0.1, 0.15) is 87.1 Å². The summed E-state index contributed by atoms with van der Waals surface area (Å²) in [5.41, 5.74) is 7.25. The molecule has 2 aromatic carbocycles. The quantitative estimate of drug-likeness (QED) is 0.523. The van der Waals surface area contributed by atoms with E-state index in [1.165, 1.54) is 32.1 Å². The van der Waals surface area contributed by atoms with Gasteiger partial charge in [0.25, 0.3) is 0 Å². The monoisotopic (exact) mass is 472 g/mol. The van der Waals surface area contributed by atoms with Gasteiger partial charge in [0.2, 0.25) is 0 Å². The molecule has 1 aliphatic heterocycles. The lowest BCUT2D eigenvalue weighted by Crippen LogP contribution is -2.41. The average molecular weight is 473 g/mol. The van der Waals surface area contributed by atoms with Crippen LogP contribution in [0.5, 0.6) is 0 Å². The van der Waals surface area contributed by atoms with E-state index >= 15 is 0 Å². The zero-order valence-corrected chi connectivity index (χ0v) is 21.4. The molecule has 2 unspecified atom stereocenters. The smallest absolute Gasteiger partial charge is 0.313 e. The Kier molecular flexibility index (Phi) is 6.32. The van der Waals surface area contributed by atoms with E-state index < -0.39 is 0 Å². The fourth-order valence-electron chi connectivity index (χ4n) is 7.23. The number of benzene rings is 2. The molecule has 0 amide bonds. The SMILES string of the molecule is CC(C)NCCn1c(=O)n(C2CCN(C3CCC4CCCc5cccc3c54)CC2)c2ccccc21. The van der Waals surface area contributed by atoms with Gasteiger partial charge in [0.1, 0.15) is 0 Å². The Bertz CT molecular complexity index is 1250. The van der Waals surface area contributed by atoms with E-state index in [1.54, 1.807) is 16.7 Å². The summed E-state index contributed by atoms with van der Waals surface area (Å²) in [5.74, 6) is 0.790. The number of piperidine rings is 1. The van der Waals surface area contributed by atoms with Gasteiger partial charge in [0.05, 0.1) is 11.0 Å². The second kappa shape index (κ2) is 9.59. The molecular formula is C30H40N4O. The summed E-state index contributed by atoms with van der Waals surface area (Å²) in [6.07, 6.45) is 8.71. The molecule has 0 radical (unpaired) electrons. The third-order valence-corrected chi connectivity index (χ3v) is 8.85. The van der Waals surface area contributed by atoms with Crippen molar-refractivity contribution in [2.24, 2.45) is 0 Å². The fraction of sp³-hybridized carbons (Fsp3) is 0.567. The molecule has 3 aromatic rings. The first kappa shape index (κ1) is 23.1. The largest absolute Gasteiger partial charge is 0.329 e. The number of hydrogen-bond donors (Lipinski definition) is 1. The number of nitrogens with one attached hydrogen (secondary N) is 1. The fourth-order valence-corrected chi connectivity index (χ4v) is 7.23. The maximum Gasteiger partial charge on any atom is 0.329 e. The number of aryl methyl sites for hydroxylation is 1. The highest BCUT2D eigenvalue weighted by molar-refractivity contribution is 5.76. The summed E-state index contributed by atoms with van der Waals surface area (Å²) >= 11 is 0. The molecule has 0 bridgehead atoms. The molecule has 3 aliphatic rings. The van der Waals surface area contributed by atoms with Gasteiger partial charge < -0.3 is 5.32 Å². The predicted molar refractivity (Wildman–Crippen MR) is 143 cm³/mol. The maximum absolute atomic E-state index is 13.6. The van der Waals surface area contributed by atoms with E-state index in [-0.39, 0.29) is 11.7 Å². The van der Waals surface area contributed by atoms with Crippen molar-refractivity contribution in [1.82, 2.24) is 19.4 Å². The average Bonchev–Trinajstić information content (AvgIpc) is 3.16. The van der Waals surface area contributed by atoms with Crippen LogP contribution in [0.25, 0.3) is 11.0 Å². The molecule has 2 heterocycles. The van der Waals surface area contributed by atoms with E-state index in [2.05, 4.69) is 71.1 Å². The molecule has 2 aliphatic carbocycles. The van der Waals surface area contributed by atoms with Gasteiger partial charge in [-0.05, 0) is 79.7 Å². The highest BCUT2D eigenvalue weighted by Gasteiger charge is 2.36. The Morgan fingerprint density at radius 3 is 2.54 bits per heavy atom. The summed E-state index contributed by atoms with van der Waals surface area (Å²) in [6, 6.07) is 16.7.